The summed E-state index contributed by atoms with van der Waals surface area (Å²) < 4.78 is 27.4. The summed E-state index contributed by atoms with van der Waals surface area (Å²) in [4.78, 5) is 4.02. The van der Waals surface area contributed by atoms with Crippen molar-refractivity contribution in [2.24, 2.45) is 11.3 Å². The first kappa shape index (κ1) is 16.2. The Morgan fingerprint density at radius 1 is 1.33 bits per heavy atom. The zero-order valence-corrected chi connectivity index (χ0v) is 13.6. The van der Waals surface area contributed by atoms with Crippen LogP contribution in [0, 0.1) is 11.3 Å². The van der Waals surface area contributed by atoms with Gasteiger partial charge in [-0.2, -0.15) is 0 Å². The fourth-order valence-corrected chi connectivity index (χ4v) is 4.43. The molecule has 1 heterocycles. The number of sulfonamides is 1. The van der Waals surface area contributed by atoms with E-state index in [4.69, 9.17) is 5.73 Å². The number of anilines is 1. The smallest absolute Gasteiger partial charge is 0.242 e. The minimum absolute atomic E-state index is 0.114. The SMILES string of the molecule is CC(C)CC1(CNS(=O)(=O)c2ccc(N)nc2)CCCC1. The molecule has 1 fully saturated rings. The highest BCUT2D eigenvalue weighted by Crippen LogP contribution is 2.42. The van der Waals surface area contributed by atoms with Crippen molar-refractivity contribution in [3.05, 3.63) is 18.3 Å². The van der Waals surface area contributed by atoms with Gasteiger partial charge < -0.3 is 5.73 Å². The van der Waals surface area contributed by atoms with Gasteiger partial charge in [0.15, 0.2) is 0 Å². The summed E-state index contributed by atoms with van der Waals surface area (Å²) in [5.41, 5.74) is 5.61. The van der Waals surface area contributed by atoms with E-state index in [1.165, 1.54) is 31.2 Å². The number of rotatable bonds is 6. The van der Waals surface area contributed by atoms with E-state index in [-0.39, 0.29) is 10.3 Å². The Labute approximate surface area is 127 Å². The van der Waals surface area contributed by atoms with Gasteiger partial charge in [-0.3, -0.25) is 0 Å². The van der Waals surface area contributed by atoms with Gasteiger partial charge in [0.2, 0.25) is 10.0 Å². The van der Waals surface area contributed by atoms with Crippen LogP contribution in [0.4, 0.5) is 5.82 Å². The number of pyridine rings is 1. The molecule has 0 atom stereocenters. The lowest BCUT2D eigenvalue weighted by atomic mass is 9.79. The molecule has 6 heteroatoms. The molecule has 0 spiro atoms. The van der Waals surface area contributed by atoms with E-state index in [9.17, 15) is 8.42 Å². The van der Waals surface area contributed by atoms with Gasteiger partial charge in [-0.1, -0.05) is 26.7 Å². The summed E-state index contributed by atoms with van der Waals surface area (Å²) in [6, 6.07) is 3.00. The average Bonchev–Trinajstić information content (AvgIpc) is 2.85. The molecule has 3 N–H and O–H groups in total. The highest BCUT2D eigenvalue weighted by atomic mass is 32.2. The number of nitrogens with zero attached hydrogens (tertiary/aromatic N) is 1. The van der Waals surface area contributed by atoms with E-state index >= 15 is 0 Å². The molecule has 0 amide bonds. The van der Waals surface area contributed by atoms with Crippen molar-refractivity contribution in [2.75, 3.05) is 12.3 Å². The van der Waals surface area contributed by atoms with Crippen molar-refractivity contribution >= 4 is 15.8 Å². The van der Waals surface area contributed by atoms with Gasteiger partial charge in [0.1, 0.15) is 10.7 Å². The molecule has 1 aromatic heterocycles. The standard InChI is InChI=1S/C15H25N3O2S/c1-12(2)9-15(7-3-4-8-15)11-18-21(19,20)13-5-6-14(16)17-10-13/h5-6,10,12,18H,3-4,7-9,11H2,1-2H3,(H2,16,17). The molecular formula is C15H25N3O2S. The second-order valence-electron chi connectivity index (χ2n) is 6.55. The fourth-order valence-electron chi connectivity index (χ4n) is 3.33. The molecule has 1 saturated carbocycles. The molecular weight excluding hydrogens is 286 g/mol. The van der Waals surface area contributed by atoms with Gasteiger partial charge >= 0.3 is 0 Å². The van der Waals surface area contributed by atoms with Gasteiger partial charge in [-0.05, 0) is 42.7 Å². The van der Waals surface area contributed by atoms with Crippen molar-refractivity contribution in [2.45, 2.75) is 50.8 Å². The molecule has 21 heavy (non-hydrogen) atoms. The zero-order chi connectivity index (χ0) is 15.5. The van der Waals surface area contributed by atoms with Crippen LogP contribution in [0.1, 0.15) is 46.0 Å². The Kier molecular flexibility index (Phi) is 4.88. The van der Waals surface area contributed by atoms with Crippen LogP contribution in [0.3, 0.4) is 0 Å². The monoisotopic (exact) mass is 311 g/mol. The van der Waals surface area contributed by atoms with E-state index in [1.807, 2.05) is 0 Å². The minimum atomic E-state index is -3.51. The van der Waals surface area contributed by atoms with Crippen LogP contribution in [0.25, 0.3) is 0 Å². The largest absolute Gasteiger partial charge is 0.384 e. The van der Waals surface area contributed by atoms with Crippen LogP contribution < -0.4 is 10.5 Å². The van der Waals surface area contributed by atoms with E-state index in [1.54, 1.807) is 0 Å². The fraction of sp³-hybridized carbons (Fsp3) is 0.667. The molecule has 0 unspecified atom stereocenters. The normalized spacial score (nSPS) is 18.2. The zero-order valence-electron chi connectivity index (χ0n) is 12.8. The predicted molar refractivity (Wildman–Crippen MR) is 84.2 cm³/mol. The number of nitrogen functional groups attached to an aromatic ring is 1. The quantitative estimate of drug-likeness (QED) is 0.845. The number of hydrogen-bond acceptors (Lipinski definition) is 4. The minimum Gasteiger partial charge on any atom is -0.384 e. The molecule has 5 nitrogen and oxygen atoms in total. The van der Waals surface area contributed by atoms with Crippen LogP contribution in [0.5, 0.6) is 0 Å². The summed E-state index contributed by atoms with van der Waals surface area (Å²) in [6.07, 6.45) is 6.97. The molecule has 0 bridgehead atoms. The van der Waals surface area contributed by atoms with Crippen molar-refractivity contribution in [1.29, 1.82) is 0 Å². The van der Waals surface area contributed by atoms with Gasteiger partial charge in [0, 0.05) is 12.7 Å². The van der Waals surface area contributed by atoms with Crippen molar-refractivity contribution in [1.82, 2.24) is 9.71 Å². The van der Waals surface area contributed by atoms with Gasteiger partial charge in [-0.15, -0.1) is 0 Å². The molecule has 118 valence electrons. The molecule has 1 aromatic rings. The lowest BCUT2D eigenvalue weighted by molar-refractivity contribution is 0.236. The van der Waals surface area contributed by atoms with Crippen molar-refractivity contribution < 1.29 is 8.42 Å². The third-order valence-electron chi connectivity index (χ3n) is 4.21. The first-order valence-corrected chi connectivity index (χ1v) is 9.03. The van der Waals surface area contributed by atoms with Gasteiger partial charge in [-0.25, -0.2) is 18.1 Å². The number of nitrogens with one attached hydrogen (secondary N) is 1. The Bertz CT molecular complexity index is 561. The molecule has 0 aromatic carbocycles. The Morgan fingerprint density at radius 3 is 2.52 bits per heavy atom. The van der Waals surface area contributed by atoms with Crippen molar-refractivity contribution in [3.8, 4) is 0 Å². The maximum atomic E-state index is 12.3. The number of nitrogens with two attached hydrogens (primary N) is 1. The first-order chi connectivity index (χ1) is 9.83. The third kappa shape index (κ3) is 4.17. The third-order valence-corrected chi connectivity index (χ3v) is 5.60. The van der Waals surface area contributed by atoms with Gasteiger partial charge in [0.05, 0.1) is 0 Å². The van der Waals surface area contributed by atoms with E-state index < -0.39 is 10.0 Å². The summed E-state index contributed by atoms with van der Waals surface area (Å²) in [7, 11) is -3.51. The van der Waals surface area contributed by atoms with Crippen LogP contribution >= 0.6 is 0 Å². The second-order valence-corrected chi connectivity index (χ2v) is 8.32. The van der Waals surface area contributed by atoms with E-state index in [2.05, 4.69) is 23.6 Å². The Morgan fingerprint density at radius 2 is 2.00 bits per heavy atom. The average molecular weight is 311 g/mol. The maximum Gasteiger partial charge on any atom is 0.242 e. The summed E-state index contributed by atoms with van der Waals surface area (Å²) in [6.45, 7) is 4.90. The van der Waals surface area contributed by atoms with Crippen LogP contribution in [-0.2, 0) is 10.0 Å². The van der Waals surface area contributed by atoms with Crippen LogP contribution in [0.2, 0.25) is 0 Å². The van der Waals surface area contributed by atoms with E-state index in [0.717, 1.165) is 19.3 Å². The Hall–Kier alpha value is -1.14. The first-order valence-electron chi connectivity index (χ1n) is 7.54. The summed E-state index contributed by atoms with van der Waals surface area (Å²) in [5.74, 6) is 0.895. The van der Waals surface area contributed by atoms with Crippen molar-refractivity contribution in [3.63, 3.8) is 0 Å². The molecule has 0 saturated heterocycles. The summed E-state index contributed by atoms with van der Waals surface area (Å²) >= 11 is 0. The molecule has 2 rings (SSSR count). The van der Waals surface area contributed by atoms with Gasteiger partial charge in [0.25, 0.3) is 0 Å². The summed E-state index contributed by atoms with van der Waals surface area (Å²) in [5, 5.41) is 0. The second kappa shape index (κ2) is 6.32. The highest BCUT2D eigenvalue weighted by Gasteiger charge is 2.35. The lowest BCUT2D eigenvalue weighted by Gasteiger charge is -2.31. The van der Waals surface area contributed by atoms with E-state index in [0.29, 0.717) is 18.3 Å². The molecule has 0 aliphatic heterocycles. The Balaban J connectivity index is 2.07. The van der Waals surface area contributed by atoms with Crippen LogP contribution in [0.15, 0.2) is 23.2 Å². The number of hydrogen-bond donors (Lipinski definition) is 2. The molecule has 1 aliphatic carbocycles. The lowest BCUT2D eigenvalue weighted by Crippen LogP contribution is -2.36. The predicted octanol–water partition coefficient (Wildman–Crippen LogP) is 2.55. The van der Waals surface area contributed by atoms with Crippen LogP contribution in [-0.4, -0.2) is 19.9 Å². The molecule has 1 aliphatic rings. The molecule has 0 radical (unpaired) electrons. The number of aromatic nitrogens is 1. The highest BCUT2D eigenvalue weighted by molar-refractivity contribution is 7.89. The maximum absolute atomic E-state index is 12.3. The topological polar surface area (TPSA) is 85.1 Å².